The Bertz CT molecular complexity index is 822. The Morgan fingerprint density at radius 3 is 2.38 bits per heavy atom. The van der Waals surface area contributed by atoms with Gasteiger partial charge in [0.05, 0.1) is 17.7 Å². The Morgan fingerprint density at radius 2 is 1.71 bits per heavy atom. The number of carbonyl (C=O) groups is 2. The molecule has 2 atom stereocenters. The number of benzene rings is 1. The molecule has 8 heteroatoms. The molecule has 1 saturated carbocycles. The first-order valence-corrected chi connectivity index (χ1v) is 12.8. The van der Waals surface area contributed by atoms with Gasteiger partial charge in [-0.3, -0.25) is 19.4 Å². The monoisotopic (exact) mass is 492 g/mol. The highest BCUT2D eigenvalue weighted by molar-refractivity contribution is 6.03. The molecule has 190 valence electrons. The lowest BCUT2D eigenvalue weighted by Crippen LogP contribution is -2.47. The molecule has 1 aromatic rings. The fourth-order valence-corrected chi connectivity index (χ4v) is 5.38. The molecule has 1 aliphatic carbocycles. The van der Waals surface area contributed by atoms with E-state index in [0.29, 0.717) is 12.6 Å². The molecule has 2 unspecified atom stereocenters. The van der Waals surface area contributed by atoms with Crippen LogP contribution in [0.15, 0.2) is 24.3 Å². The average Bonchev–Trinajstić information content (AvgIpc) is 3.42. The number of amides is 2. The summed E-state index contributed by atoms with van der Waals surface area (Å²) in [5.41, 5.74) is 7.38. The Kier molecular flexibility index (Phi) is 9.63. The van der Waals surface area contributed by atoms with Crippen LogP contribution in [-0.2, 0) is 9.59 Å². The van der Waals surface area contributed by atoms with Crippen molar-refractivity contribution in [3.05, 3.63) is 24.3 Å². The molecule has 2 saturated heterocycles. The Hall–Kier alpha value is -1.83. The van der Waals surface area contributed by atoms with E-state index in [0.717, 1.165) is 57.7 Å². The molecular formula is C26H41ClN4O3. The molecule has 0 bridgehead atoms. The van der Waals surface area contributed by atoms with Crippen LogP contribution < -0.4 is 15.4 Å². The second-order valence-electron chi connectivity index (χ2n) is 10.2. The van der Waals surface area contributed by atoms with Crippen molar-refractivity contribution in [2.75, 3.05) is 44.2 Å². The molecule has 3 fully saturated rings. The molecule has 3 aliphatic rings. The van der Waals surface area contributed by atoms with E-state index >= 15 is 0 Å². The summed E-state index contributed by atoms with van der Waals surface area (Å²) in [7, 11) is 0. The van der Waals surface area contributed by atoms with Gasteiger partial charge in [0.25, 0.3) is 0 Å². The number of rotatable bonds is 9. The molecule has 34 heavy (non-hydrogen) atoms. The number of nitrogens with zero attached hydrogens (tertiary/aromatic N) is 3. The van der Waals surface area contributed by atoms with Crippen LogP contribution in [0.4, 0.5) is 5.69 Å². The van der Waals surface area contributed by atoms with E-state index in [1.807, 2.05) is 13.8 Å². The van der Waals surface area contributed by atoms with Crippen LogP contribution in [-0.4, -0.2) is 73.0 Å². The summed E-state index contributed by atoms with van der Waals surface area (Å²) < 4.78 is 6.34. The van der Waals surface area contributed by atoms with Crippen LogP contribution >= 0.6 is 12.4 Å². The minimum absolute atomic E-state index is 0. The Morgan fingerprint density at radius 1 is 1.03 bits per heavy atom. The normalized spacial score (nSPS) is 23.0. The van der Waals surface area contributed by atoms with Gasteiger partial charge in [-0.1, -0.05) is 26.0 Å². The van der Waals surface area contributed by atoms with Gasteiger partial charge in [0.2, 0.25) is 11.8 Å². The van der Waals surface area contributed by atoms with Crippen molar-refractivity contribution in [1.82, 2.24) is 9.80 Å². The van der Waals surface area contributed by atoms with Gasteiger partial charge in [0, 0.05) is 45.2 Å². The fraction of sp³-hybridized carbons (Fsp3) is 0.692. The van der Waals surface area contributed by atoms with Crippen molar-refractivity contribution in [3.8, 4) is 5.75 Å². The average molecular weight is 493 g/mol. The molecule has 2 N–H and O–H groups in total. The SMILES string of the molecule is CC(C)C(N)C1CC(=O)N(CCCN2CCN(c3ccccc3OC3CCCC3)CC2)C1=O.Cl. The highest BCUT2D eigenvalue weighted by Gasteiger charge is 2.42. The first-order chi connectivity index (χ1) is 15.9. The van der Waals surface area contributed by atoms with Crippen molar-refractivity contribution < 1.29 is 14.3 Å². The van der Waals surface area contributed by atoms with Crippen LogP contribution in [0.2, 0.25) is 0 Å². The van der Waals surface area contributed by atoms with Gasteiger partial charge in [-0.15, -0.1) is 12.4 Å². The highest BCUT2D eigenvalue weighted by Crippen LogP contribution is 2.33. The van der Waals surface area contributed by atoms with Gasteiger partial charge >= 0.3 is 0 Å². The largest absolute Gasteiger partial charge is 0.488 e. The second kappa shape index (κ2) is 12.2. The van der Waals surface area contributed by atoms with Crippen LogP contribution in [0.25, 0.3) is 0 Å². The van der Waals surface area contributed by atoms with Gasteiger partial charge in [-0.05, 0) is 56.7 Å². The third-order valence-corrected chi connectivity index (χ3v) is 7.54. The summed E-state index contributed by atoms with van der Waals surface area (Å²) in [5, 5.41) is 0. The first-order valence-electron chi connectivity index (χ1n) is 12.8. The highest BCUT2D eigenvalue weighted by atomic mass is 35.5. The zero-order chi connectivity index (χ0) is 23.4. The molecule has 0 radical (unpaired) electrons. The van der Waals surface area contributed by atoms with Gasteiger partial charge in [-0.2, -0.15) is 0 Å². The number of hydrogen-bond donors (Lipinski definition) is 1. The molecule has 2 heterocycles. The Balaban J connectivity index is 0.00000324. The van der Waals surface area contributed by atoms with Crippen LogP contribution in [0, 0.1) is 11.8 Å². The van der Waals surface area contributed by atoms with Crippen molar-refractivity contribution >= 4 is 29.9 Å². The van der Waals surface area contributed by atoms with Crippen molar-refractivity contribution in [3.63, 3.8) is 0 Å². The number of anilines is 1. The Labute approximate surface area is 210 Å². The molecule has 0 aromatic heterocycles. The quantitative estimate of drug-likeness (QED) is 0.533. The maximum absolute atomic E-state index is 12.7. The first kappa shape index (κ1) is 26.8. The maximum atomic E-state index is 12.7. The van der Waals surface area contributed by atoms with E-state index in [1.165, 1.54) is 23.4 Å². The molecular weight excluding hydrogens is 452 g/mol. The second-order valence-corrected chi connectivity index (χ2v) is 10.2. The number of nitrogens with two attached hydrogens (primary N) is 1. The van der Waals surface area contributed by atoms with Gasteiger partial charge < -0.3 is 15.4 Å². The smallest absolute Gasteiger partial charge is 0.234 e. The molecule has 0 spiro atoms. The van der Waals surface area contributed by atoms with E-state index in [9.17, 15) is 9.59 Å². The summed E-state index contributed by atoms with van der Waals surface area (Å²) in [6.07, 6.45) is 6.29. The lowest BCUT2D eigenvalue weighted by atomic mass is 9.90. The number of halogens is 1. The van der Waals surface area contributed by atoms with E-state index in [-0.39, 0.29) is 48.5 Å². The van der Waals surface area contributed by atoms with Crippen LogP contribution in [0.5, 0.6) is 5.75 Å². The molecule has 2 aliphatic heterocycles. The summed E-state index contributed by atoms with van der Waals surface area (Å²) in [5.74, 6) is 0.706. The van der Waals surface area contributed by atoms with Gasteiger partial charge in [-0.25, -0.2) is 0 Å². The minimum Gasteiger partial charge on any atom is -0.488 e. The topological polar surface area (TPSA) is 79.1 Å². The lowest BCUT2D eigenvalue weighted by molar-refractivity contribution is -0.139. The number of para-hydroxylation sites is 2. The minimum atomic E-state index is -0.354. The molecule has 7 nitrogen and oxygen atoms in total. The summed E-state index contributed by atoms with van der Waals surface area (Å²) in [6, 6.07) is 8.17. The number of likely N-dealkylation sites (tertiary alicyclic amines) is 1. The van der Waals surface area contributed by atoms with Gasteiger partial charge in [0.1, 0.15) is 5.75 Å². The number of imide groups is 1. The molecule has 2 amide bonds. The van der Waals surface area contributed by atoms with Gasteiger partial charge in [0.15, 0.2) is 0 Å². The summed E-state index contributed by atoms with van der Waals surface area (Å²) in [4.78, 5) is 31.4. The number of piperazine rings is 1. The standard InChI is InChI=1S/C26H40N4O3.ClH/c1-19(2)25(27)21-18-24(31)30(26(21)32)13-7-12-28-14-16-29(17-15-28)22-10-5-6-11-23(22)33-20-8-3-4-9-20;/h5-6,10-11,19-21,25H,3-4,7-9,12-18,27H2,1-2H3;1H. The summed E-state index contributed by atoms with van der Waals surface area (Å²) in [6.45, 7) is 9.26. The number of hydrogen-bond acceptors (Lipinski definition) is 6. The predicted molar refractivity (Wildman–Crippen MR) is 137 cm³/mol. The predicted octanol–water partition coefficient (Wildman–Crippen LogP) is 3.30. The van der Waals surface area contributed by atoms with Crippen LogP contribution in [0.3, 0.4) is 0 Å². The lowest BCUT2D eigenvalue weighted by Gasteiger charge is -2.37. The van der Waals surface area contributed by atoms with E-state index in [4.69, 9.17) is 10.5 Å². The summed E-state index contributed by atoms with van der Waals surface area (Å²) >= 11 is 0. The molecule has 4 rings (SSSR count). The number of carbonyl (C=O) groups excluding carboxylic acids is 2. The zero-order valence-corrected chi connectivity index (χ0v) is 21.5. The molecule has 1 aromatic carbocycles. The number of ether oxygens (including phenoxy) is 1. The van der Waals surface area contributed by atoms with E-state index < -0.39 is 0 Å². The fourth-order valence-electron chi connectivity index (χ4n) is 5.38. The van der Waals surface area contributed by atoms with Crippen molar-refractivity contribution in [2.24, 2.45) is 17.6 Å². The third-order valence-electron chi connectivity index (χ3n) is 7.54. The third kappa shape index (κ3) is 6.23. The van der Waals surface area contributed by atoms with Crippen molar-refractivity contribution in [2.45, 2.75) is 64.5 Å². The maximum Gasteiger partial charge on any atom is 0.234 e. The van der Waals surface area contributed by atoms with Crippen molar-refractivity contribution in [1.29, 1.82) is 0 Å². The zero-order valence-electron chi connectivity index (χ0n) is 20.7. The van der Waals surface area contributed by atoms with Crippen LogP contribution in [0.1, 0.15) is 52.4 Å². The van der Waals surface area contributed by atoms with E-state index in [2.05, 4.69) is 34.1 Å². The van der Waals surface area contributed by atoms with E-state index in [1.54, 1.807) is 0 Å².